The number of hydrogen-bond acceptors (Lipinski definition) is 4. The number of likely N-dealkylation sites (N-methyl/N-ethyl adjacent to an activating group) is 1. The van der Waals surface area contributed by atoms with Gasteiger partial charge in [0.2, 0.25) is 0 Å². The minimum atomic E-state index is -1.14. The van der Waals surface area contributed by atoms with Crippen LogP contribution in [0.3, 0.4) is 0 Å². The van der Waals surface area contributed by atoms with Crippen molar-refractivity contribution in [2.45, 2.75) is 112 Å². The van der Waals surface area contributed by atoms with E-state index in [0.717, 1.165) is 75.5 Å². The summed E-state index contributed by atoms with van der Waals surface area (Å²) in [7, 11) is 0. The first kappa shape index (κ1) is 32.0. The molecular formula is C24H56BNO4. The van der Waals surface area contributed by atoms with Crippen LogP contribution in [0.25, 0.3) is 0 Å². The van der Waals surface area contributed by atoms with E-state index in [9.17, 15) is 0 Å². The Bertz CT molecular complexity index is 332. The van der Waals surface area contributed by atoms with Crippen LogP contribution in [0.2, 0.25) is 0 Å². The number of hydrogen-bond donors (Lipinski definition) is 0. The summed E-state index contributed by atoms with van der Waals surface area (Å²) in [6, 6.07) is 0. The van der Waals surface area contributed by atoms with E-state index in [1.165, 1.54) is 0 Å². The lowest BCUT2D eigenvalue weighted by Gasteiger charge is -2.49. The summed E-state index contributed by atoms with van der Waals surface area (Å²) in [5.74, 6) is -1.14. The SMILES string of the molecule is CCCCOC(C(OCCCC)(OCCCC)OCCCC)[N+](CC)(CC)CC.[BH4-]. The molecule has 30 heavy (non-hydrogen) atoms. The van der Waals surface area contributed by atoms with Crippen LogP contribution < -0.4 is 0 Å². The molecular weight excluding hydrogens is 377 g/mol. The molecule has 1 atom stereocenters. The molecule has 0 saturated heterocycles. The van der Waals surface area contributed by atoms with E-state index in [1.807, 2.05) is 0 Å². The molecule has 0 spiro atoms. The molecule has 0 N–H and O–H groups in total. The van der Waals surface area contributed by atoms with Gasteiger partial charge in [-0.3, -0.25) is 4.48 Å². The van der Waals surface area contributed by atoms with Crippen molar-refractivity contribution >= 4 is 8.41 Å². The quantitative estimate of drug-likeness (QED) is 0.114. The van der Waals surface area contributed by atoms with E-state index < -0.39 is 5.97 Å². The number of rotatable bonds is 21. The maximum Gasteiger partial charge on any atom is 0.367 e. The standard InChI is InChI=1S/C24H52NO4.BH4/c1-8-15-19-26-23(25(12-5,13-6)14-7)24(27-20-16-9-2,28-21-17-10-3)29-22-18-11-4;/h23H,8-22H2,1-7H3;1H4/q+1;-1. The van der Waals surface area contributed by atoms with Crippen molar-refractivity contribution in [3.63, 3.8) is 0 Å². The lowest BCUT2D eigenvalue weighted by Crippen LogP contribution is -2.68. The van der Waals surface area contributed by atoms with Crippen LogP contribution >= 0.6 is 0 Å². The van der Waals surface area contributed by atoms with E-state index in [4.69, 9.17) is 18.9 Å². The van der Waals surface area contributed by atoms with Gasteiger partial charge < -0.3 is 18.9 Å². The molecule has 0 aromatic carbocycles. The van der Waals surface area contributed by atoms with E-state index in [1.54, 1.807) is 0 Å². The van der Waals surface area contributed by atoms with Crippen LogP contribution in [0.5, 0.6) is 0 Å². The first-order valence-electron chi connectivity index (χ1n) is 12.4. The molecule has 0 aliphatic rings. The molecule has 1 unspecified atom stereocenters. The summed E-state index contributed by atoms with van der Waals surface area (Å²) in [5, 5.41) is 0. The first-order chi connectivity index (χ1) is 14.1. The zero-order valence-corrected chi connectivity index (χ0v) is 20.8. The third-order valence-corrected chi connectivity index (χ3v) is 5.87. The minimum absolute atomic E-state index is 0. The maximum atomic E-state index is 6.58. The normalized spacial score (nSPS) is 13.3. The highest BCUT2D eigenvalue weighted by atomic mass is 16.9. The Balaban J connectivity index is 0. The summed E-state index contributed by atoms with van der Waals surface area (Å²) in [6.45, 7) is 20.9. The molecule has 0 saturated carbocycles. The predicted molar refractivity (Wildman–Crippen MR) is 133 cm³/mol. The third kappa shape index (κ3) is 10.5. The second-order valence-corrected chi connectivity index (χ2v) is 7.95. The fraction of sp³-hybridized carbons (Fsp3) is 1.00. The number of unbranched alkanes of at least 4 members (excludes halogenated alkanes) is 4. The summed E-state index contributed by atoms with van der Waals surface area (Å²) in [5.41, 5.74) is 0. The summed E-state index contributed by atoms with van der Waals surface area (Å²) in [6.07, 6.45) is 8.05. The topological polar surface area (TPSA) is 36.9 Å². The van der Waals surface area contributed by atoms with Crippen molar-refractivity contribution in [2.75, 3.05) is 46.1 Å². The number of quaternary nitrogens is 1. The van der Waals surface area contributed by atoms with Crippen molar-refractivity contribution in [3.8, 4) is 0 Å². The van der Waals surface area contributed by atoms with Crippen LogP contribution in [0.1, 0.15) is 99.8 Å². The Morgan fingerprint density at radius 1 is 0.567 bits per heavy atom. The minimum Gasteiger partial charge on any atom is -0.323 e. The Labute approximate surface area is 190 Å². The molecule has 0 aromatic heterocycles. The number of nitrogens with zero attached hydrogens (tertiary/aromatic N) is 1. The molecule has 0 heterocycles. The van der Waals surface area contributed by atoms with Crippen molar-refractivity contribution < 1.29 is 23.4 Å². The van der Waals surface area contributed by atoms with Crippen LogP contribution in [-0.2, 0) is 18.9 Å². The van der Waals surface area contributed by atoms with Gasteiger partial charge >= 0.3 is 5.97 Å². The Morgan fingerprint density at radius 3 is 1.20 bits per heavy atom. The Morgan fingerprint density at radius 2 is 0.900 bits per heavy atom. The lowest BCUT2D eigenvalue weighted by molar-refractivity contribution is -0.984. The molecule has 0 aromatic rings. The summed E-state index contributed by atoms with van der Waals surface area (Å²) >= 11 is 0. The molecule has 0 rings (SSSR count). The Hall–Kier alpha value is -0.135. The van der Waals surface area contributed by atoms with Gasteiger partial charge in [-0.05, 0) is 46.5 Å². The maximum absolute atomic E-state index is 6.58. The first-order valence-corrected chi connectivity index (χ1v) is 12.4. The van der Waals surface area contributed by atoms with Crippen molar-refractivity contribution in [2.24, 2.45) is 0 Å². The molecule has 0 aliphatic heterocycles. The van der Waals surface area contributed by atoms with Gasteiger partial charge in [0.1, 0.15) is 0 Å². The van der Waals surface area contributed by atoms with E-state index in [-0.39, 0.29) is 14.6 Å². The van der Waals surface area contributed by atoms with E-state index in [2.05, 4.69) is 48.5 Å². The van der Waals surface area contributed by atoms with Gasteiger partial charge in [0.25, 0.3) is 6.23 Å². The smallest absolute Gasteiger partial charge is 0.323 e. The Kier molecular flexibility index (Phi) is 20.9. The van der Waals surface area contributed by atoms with Crippen LogP contribution in [0.15, 0.2) is 0 Å². The zero-order chi connectivity index (χ0) is 22.0. The van der Waals surface area contributed by atoms with Crippen LogP contribution in [0.4, 0.5) is 0 Å². The van der Waals surface area contributed by atoms with E-state index in [0.29, 0.717) is 26.4 Å². The van der Waals surface area contributed by atoms with Crippen molar-refractivity contribution in [3.05, 3.63) is 0 Å². The monoisotopic (exact) mass is 433 g/mol. The van der Waals surface area contributed by atoms with Crippen molar-refractivity contribution in [1.82, 2.24) is 0 Å². The predicted octanol–water partition coefficient (Wildman–Crippen LogP) is 4.66. The molecule has 0 bridgehead atoms. The summed E-state index contributed by atoms with van der Waals surface area (Å²) < 4.78 is 26.8. The highest BCUT2D eigenvalue weighted by Gasteiger charge is 2.55. The molecule has 6 heteroatoms. The van der Waals surface area contributed by atoms with Gasteiger partial charge in [0.05, 0.1) is 46.1 Å². The van der Waals surface area contributed by atoms with Gasteiger partial charge in [-0.1, -0.05) is 61.8 Å². The second kappa shape index (κ2) is 19.5. The molecule has 0 radical (unpaired) electrons. The molecule has 0 fully saturated rings. The average Bonchev–Trinajstić information content (AvgIpc) is 2.74. The highest BCUT2D eigenvalue weighted by Crippen LogP contribution is 2.32. The lowest BCUT2D eigenvalue weighted by atomic mass is 10.2. The van der Waals surface area contributed by atoms with Gasteiger partial charge in [0, 0.05) is 0 Å². The fourth-order valence-electron chi connectivity index (χ4n) is 3.52. The molecule has 0 amide bonds. The van der Waals surface area contributed by atoms with Gasteiger partial charge in [0.15, 0.2) is 0 Å². The van der Waals surface area contributed by atoms with Gasteiger partial charge in [-0.25, -0.2) is 0 Å². The number of ether oxygens (including phenoxy) is 4. The fourth-order valence-corrected chi connectivity index (χ4v) is 3.52. The largest absolute Gasteiger partial charge is 0.367 e. The zero-order valence-electron chi connectivity index (χ0n) is 20.8. The van der Waals surface area contributed by atoms with E-state index >= 15 is 0 Å². The molecule has 184 valence electrons. The van der Waals surface area contributed by atoms with Crippen molar-refractivity contribution in [1.29, 1.82) is 0 Å². The van der Waals surface area contributed by atoms with Gasteiger partial charge in [-0.2, -0.15) is 0 Å². The summed E-state index contributed by atoms with van der Waals surface area (Å²) in [4.78, 5) is 0. The second-order valence-electron chi connectivity index (χ2n) is 7.95. The van der Waals surface area contributed by atoms with Crippen LogP contribution in [0, 0.1) is 0 Å². The highest BCUT2D eigenvalue weighted by molar-refractivity contribution is 5.75. The molecule has 0 aliphatic carbocycles. The molecule has 5 nitrogen and oxygen atoms in total. The van der Waals surface area contributed by atoms with Crippen LogP contribution in [-0.4, -0.2) is 71.2 Å². The third-order valence-electron chi connectivity index (χ3n) is 5.87. The van der Waals surface area contributed by atoms with Gasteiger partial charge in [-0.15, -0.1) is 0 Å². The average molecular weight is 434 g/mol.